The highest BCUT2D eigenvalue weighted by molar-refractivity contribution is 4.97. The van der Waals surface area contributed by atoms with Crippen molar-refractivity contribution in [3.63, 3.8) is 0 Å². The molecule has 0 spiro atoms. The Morgan fingerprint density at radius 3 is 2.59 bits per heavy atom. The van der Waals surface area contributed by atoms with Gasteiger partial charge in [0.05, 0.1) is 6.10 Å². The predicted molar refractivity (Wildman–Crippen MR) is 68.7 cm³/mol. The van der Waals surface area contributed by atoms with E-state index in [9.17, 15) is 5.11 Å². The standard InChI is InChI=1S/C14H27NO2/c1-2-11-3-6-14(9-11,10-15)13(16)12-4-7-17-8-5-12/h11-13,16H,2-10,15H2,1H3. The predicted octanol–water partition coefficient (Wildman–Crippen LogP) is 1.93. The number of hydrogen-bond donors (Lipinski definition) is 2. The van der Waals surface area contributed by atoms with Crippen molar-refractivity contribution < 1.29 is 9.84 Å². The molecule has 1 aliphatic carbocycles. The highest BCUT2D eigenvalue weighted by Gasteiger charge is 2.45. The zero-order valence-electron chi connectivity index (χ0n) is 11.0. The van der Waals surface area contributed by atoms with E-state index in [0.29, 0.717) is 12.5 Å². The highest BCUT2D eigenvalue weighted by atomic mass is 16.5. The minimum Gasteiger partial charge on any atom is -0.392 e. The summed E-state index contributed by atoms with van der Waals surface area (Å²) in [5, 5.41) is 10.7. The first-order chi connectivity index (χ1) is 8.22. The van der Waals surface area contributed by atoms with E-state index in [1.54, 1.807) is 0 Å². The van der Waals surface area contributed by atoms with E-state index in [-0.39, 0.29) is 11.5 Å². The third-order valence-corrected chi connectivity index (χ3v) is 5.07. The van der Waals surface area contributed by atoms with E-state index >= 15 is 0 Å². The van der Waals surface area contributed by atoms with Crippen LogP contribution in [0.25, 0.3) is 0 Å². The molecule has 0 aromatic rings. The molecule has 2 fully saturated rings. The summed E-state index contributed by atoms with van der Waals surface area (Å²) in [7, 11) is 0. The largest absolute Gasteiger partial charge is 0.392 e. The fraction of sp³-hybridized carbons (Fsp3) is 1.00. The Balaban J connectivity index is 2.01. The molecule has 2 aliphatic rings. The van der Waals surface area contributed by atoms with Gasteiger partial charge in [-0.15, -0.1) is 0 Å². The molecule has 3 unspecified atom stereocenters. The summed E-state index contributed by atoms with van der Waals surface area (Å²) in [5.74, 6) is 1.18. The molecule has 0 aromatic carbocycles. The van der Waals surface area contributed by atoms with Gasteiger partial charge in [0.1, 0.15) is 0 Å². The van der Waals surface area contributed by atoms with Crippen molar-refractivity contribution in [1.29, 1.82) is 0 Å². The highest BCUT2D eigenvalue weighted by Crippen LogP contribution is 2.47. The molecule has 1 saturated carbocycles. The first-order valence-electron chi connectivity index (χ1n) is 7.17. The van der Waals surface area contributed by atoms with Crippen molar-refractivity contribution in [2.24, 2.45) is 23.0 Å². The van der Waals surface area contributed by atoms with Gasteiger partial charge in [0.25, 0.3) is 0 Å². The van der Waals surface area contributed by atoms with Crippen LogP contribution in [0, 0.1) is 17.3 Å². The Morgan fingerprint density at radius 1 is 1.35 bits per heavy atom. The Bertz CT molecular complexity index is 240. The van der Waals surface area contributed by atoms with Crippen LogP contribution in [0.4, 0.5) is 0 Å². The van der Waals surface area contributed by atoms with Crippen LogP contribution in [0.3, 0.4) is 0 Å². The fourth-order valence-electron chi connectivity index (χ4n) is 3.73. The lowest BCUT2D eigenvalue weighted by Crippen LogP contribution is -2.45. The summed E-state index contributed by atoms with van der Waals surface area (Å²) in [5.41, 5.74) is 6.00. The van der Waals surface area contributed by atoms with Gasteiger partial charge in [-0.1, -0.05) is 13.3 Å². The van der Waals surface area contributed by atoms with Crippen LogP contribution in [0.5, 0.6) is 0 Å². The summed E-state index contributed by atoms with van der Waals surface area (Å²) in [4.78, 5) is 0. The molecule has 3 heteroatoms. The van der Waals surface area contributed by atoms with E-state index in [2.05, 4.69) is 6.92 Å². The monoisotopic (exact) mass is 241 g/mol. The lowest BCUT2D eigenvalue weighted by atomic mass is 9.72. The first kappa shape index (κ1) is 13.3. The van der Waals surface area contributed by atoms with Gasteiger partial charge in [0.15, 0.2) is 0 Å². The van der Waals surface area contributed by atoms with Crippen LogP contribution in [-0.2, 0) is 4.74 Å². The van der Waals surface area contributed by atoms with E-state index in [4.69, 9.17) is 10.5 Å². The Labute approximate surface area is 105 Å². The average Bonchev–Trinajstić information content (AvgIpc) is 2.84. The third kappa shape index (κ3) is 2.67. The molecular weight excluding hydrogens is 214 g/mol. The fourth-order valence-corrected chi connectivity index (χ4v) is 3.73. The number of aliphatic hydroxyl groups is 1. The Kier molecular flexibility index (Phi) is 4.45. The van der Waals surface area contributed by atoms with Gasteiger partial charge in [-0.05, 0) is 43.9 Å². The zero-order valence-corrected chi connectivity index (χ0v) is 11.0. The normalized spacial score (nSPS) is 37.2. The lowest BCUT2D eigenvalue weighted by Gasteiger charge is -2.39. The topological polar surface area (TPSA) is 55.5 Å². The Hall–Kier alpha value is -0.120. The second-order valence-corrected chi connectivity index (χ2v) is 5.98. The molecule has 1 saturated heterocycles. The molecule has 1 aliphatic heterocycles. The van der Waals surface area contributed by atoms with Crippen LogP contribution in [0.15, 0.2) is 0 Å². The van der Waals surface area contributed by atoms with Crippen molar-refractivity contribution in [3.05, 3.63) is 0 Å². The molecule has 3 atom stereocenters. The molecule has 0 radical (unpaired) electrons. The maximum atomic E-state index is 10.7. The van der Waals surface area contributed by atoms with Crippen molar-refractivity contribution in [3.8, 4) is 0 Å². The molecular formula is C14H27NO2. The van der Waals surface area contributed by atoms with E-state index in [0.717, 1.165) is 44.8 Å². The van der Waals surface area contributed by atoms with Crippen LogP contribution < -0.4 is 5.73 Å². The molecule has 0 aromatic heterocycles. The summed E-state index contributed by atoms with van der Waals surface area (Å²) in [6.07, 6.45) is 6.49. The number of rotatable bonds is 4. The van der Waals surface area contributed by atoms with Gasteiger partial charge in [-0.3, -0.25) is 0 Å². The van der Waals surface area contributed by atoms with Gasteiger partial charge in [0, 0.05) is 25.2 Å². The smallest absolute Gasteiger partial charge is 0.0638 e. The molecule has 0 amide bonds. The van der Waals surface area contributed by atoms with Gasteiger partial charge >= 0.3 is 0 Å². The molecule has 3 N–H and O–H groups in total. The molecule has 2 rings (SSSR count). The number of ether oxygens (including phenoxy) is 1. The van der Waals surface area contributed by atoms with E-state index in [1.807, 2.05) is 0 Å². The molecule has 1 heterocycles. The van der Waals surface area contributed by atoms with Crippen LogP contribution in [0.1, 0.15) is 45.4 Å². The van der Waals surface area contributed by atoms with Crippen molar-refractivity contribution in [1.82, 2.24) is 0 Å². The molecule has 0 bridgehead atoms. The number of aliphatic hydroxyl groups excluding tert-OH is 1. The molecule has 100 valence electrons. The second-order valence-electron chi connectivity index (χ2n) is 5.98. The van der Waals surface area contributed by atoms with Gasteiger partial charge in [-0.2, -0.15) is 0 Å². The maximum Gasteiger partial charge on any atom is 0.0638 e. The third-order valence-electron chi connectivity index (χ3n) is 5.07. The minimum absolute atomic E-state index is 0.00266. The molecule has 3 nitrogen and oxygen atoms in total. The van der Waals surface area contributed by atoms with Gasteiger partial charge in [0.2, 0.25) is 0 Å². The van der Waals surface area contributed by atoms with Gasteiger partial charge < -0.3 is 15.6 Å². The average molecular weight is 241 g/mol. The summed E-state index contributed by atoms with van der Waals surface area (Å²) >= 11 is 0. The lowest BCUT2D eigenvalue weighted by molar-refractivity contribution is -0.0548. The summed E-state index contributed by atoms with van der Waals surface area (Å²) in [6, 6.07) is 0. The van der Waals surface area contributed by atoms with Crippen LogP contribution in [0.2, 0.25) is 0 Å². The zero-order chi connectivity index (χ0) is 12.3. The van der Waals surface area contributed by atoms with Crippen LogP contribution in [-0.4, -0.2) is 31.0 Å². The van der Waals surface area contributed by atoms with Crippen LogP contribution >= 0.6 is 0 Å². The number of hydrogen-bond acceptors (Lipinski definition) is 3. The molecule has 17 heavy (non-hydrogen) atoms. The van der Waals surface area contributed by atoms with Crippen molar-refractivity contribution >= 4 is 0 Å². The second kappa shape index (κ2) is 5.68. The van der Waals surface area contributed by atoms with E-state index in [1.165, 1.54) is 12.8 Å². The minimum atomic E-state index is -0.215. The summed E-state index contributed by atoms with van der Waals surface area (Å²) in [6.45, 7) is 4.50. The van der Waals surface area contributed by atoms with Gasteiger partial charge in [-0.25, -0.2) is 0 Å². The number of nitrogens with two attached hydrogens (primary N) is 1. The SMILES string of the molecule is CCC1CCC(CN)(C(O)C2CCOCC2)C1. The van der Waals surface area contributed by atoms with Crippen molar-refractivity contribution in [2.75, 3.05) is 19.8 Å². The quantitative estimate of drug-likeness (QED) is 0.790. The van der Waals surface area contributed by atoms with Crippen molar-refractivity contribution in [2.45, 2.75) is 51.6 Å². The maximum absolute atomic E-state index is 10.7. The Morgan fingerprint density at radius 2 is 2.06 bits per heavy atom. The first-order valence-corrected chi connectivity index (χ1v) is 7.17. The van der Waals surface area contributed by atoms with E-state index < -0.39 is 0 Å². The summed E-state index contributed by atoms with van der Waals surface area (Å²) < 4.78 is 5.38.